The Hall–Kier alpha value is -2.48. The van der Waals surface area contributed by atoms with Crippen molar-refractivity contribution in [3.8, 4) is 0 Å². The van der Waals surface area contributed by atoms with Crippen molar-refractivity contribution in [3.63, 3.8) is 0 Å². The zero-order valence-electron chi connectivity index (χ0n) is 21.1. The molecule has 0 aromatic heterocycles. The van der Waals surface area contributed by atoms with E-state index < -0.39 is 26.8 Å². The Morgan fingerprint density at radius 1 is 1.00 bits per heavy atom. The largest absolute Gasteiger partial charge is 0.444 e. The van der Waals surface area contributed by atoms with E-state index in [2.05, 4.69) is 57.2 Å². The quantitative estimate of drug-likeness (QED) is 0.612. The fourth-order valence-electron chi connectivity index (χ4n) is 3.62. The first kappa shape index (κ1) is 26.1. The standard InChI is InChI=1S/C27H36NO5Si/c1-26(2,3)20-12-14-24(15-13-20)34(23-10-8-7-9-11-23)32-19-22-17-28(16-21(29)18-31-22)25(30)33-27(4,5)6/h7-15,22H,16-19H2,1-6H3/t22-/m0/s1. The number of ether oxygens (including phenoxy) is 2. The predicted molar refractivity (Wildman–Crippen MR) is 135 cm³/mol. The van der Waals surface area contributed by atoms with Crippen molar-refractivity contribution in [2.45, 2.75) is 58.7 Å². The summed E-state index contributed by atoms with van der Waals surface area (Å²) in [6, 6.07) is 18.8. The summed E-state index contributed by atoms with van der Waals surface area (Å²) < 4.78 is 17.8. The van der Waals surface area contributed by atoms with Crippen LogP contribution in [0.25, 0.3) is 0 Å². The average molecular weight is 483 g/mol. The molecule has 0 aliphatic carbocycles. The Morgan fingerprint density at radius 2 is 1.62 bits per heavy atom. The van der Waals surface area contributed by atoms with Gasteiger partial charge in [-0.05, 0) is 42.1 Å². The highest BCUT2D eigenvalue weighted by molar-refractivity contribution is 6.80. The number of nitrogens with zero attached hydrogens (tertiary/aromatic N) is 1. The maximum atomic E-state index is 12.6. The first-order chi connectivity index (χ1) is 15.9. The molecule has 1 aliphatic rings. The van der Waals surface area contributed by atoms with Crippen molar-refractivity contribution in [1.82, 2.24) is 4.90 Å². The van der Waals surface area contributed by atoms with Crippen LogP contribution in [0.15, 0.2) is 54.6 Å². The van der Waals surface area contributed by atoms with E-state index in [0.29, 0.717) is 0 Å². The number of ketones is 1. The lowest BCUT2D eigenvalue weighted by molar-refractivity contribution is -0.123. The van der Waals surface area contributed by atoms with E-state index in [9.17, 15) is 9.59 Å². The summed E-state index contributed by atoms with van der Waals surface area (Å²) in [5, 5.41) is 2.27. The Balaban J connectivity index is 1.76. The molecule has 0 spiro atoms. The lowest BCUT2D eigenvalue weighted by Gasteiger charge is -2.28. The Kier molecular flexibility index (Phi) is 8.33. The van der Waals surface area contributed by atoms with E-state index in [0.717, 1.165) is 10.4 Å². The number of amides is 1. The predicted octanol–water partition coefficient (Wildman–Crippen LogP) is 3.31. The number of hydrogen-bond donors (Lipinski definition) is 0. The number of hydrogen-bond acceptors (Lipinski definition) is 5. The van der Waals surface area contributed by atoms with Crippen molar-refractivity contribution in [1.29, 1.82) is 0 Å². The lowest BCUT2D eigenvalue weighted by atomic mass is 9.87. The second kappa shape index (κ2) is 10.8. The summed E-state index contributed by atoms with van der Waals surface area (Å²) in [6.45, 7) is 12.5. The Labute approximate surface area is 204 Å². The molecule has 183 valence electrons. The van der Waals surface area contributed by atoms with Gasteiger partial charge in [-0.1, -0.05) is 75.4 Å². The van der Waals surface area contributed by atoms with Crippen molar-refractivity contribution in [2.75, 3.05) is 26.3 Å². The van der Waals surface area contributed by atoms with E-state index >= 15 is 0 Å². The third kappa shape index (κ3) is 7.51. The van der Waals surface area contributed by atoms with Crippen LogP contribution in [-0.4, -0.2) is 63.8 Å². The monoisotopic (exact) mass is 482 g/mol. The van der Waals surface area contributed by atoms with Crippen LogP contribution < -0.4 is 10.4 Å². The first-order valence-corrected chi connectivity index (χ1v) is 13.1. The number of rotatable bonds is 5. The Morgan fingerprint density at radius 3 is 2.21 bits per heavy atom. The van der Waals surface area contributed by atoms with Crippen LogP contribution in [0.5, 0.6) is 0 Å². The van der Waals surface area contributed by atoms with Crippen molar-refractivity contribution < 1.29 is 23.5 Å². The minimum Gasteiger partial charge on any atom is -0.444 e. The van der Waals surface area contributed by atoms with E-state index in [-0.39, 0.29) is 37.5 Å². The molecule has 1 fully saturated rings. The third-order valence-electron chi connectivity index (χ3n) is 5.39. The summed E-state index contributed by atoms with van der Waals surface area (Å²) >= 11 is 0. The maximum absolute atomic E-state index is 12.6. The van der Waals surface area contributed by atoms with Crippen LogP contribution >= 0.6 is 0 Å². The summed E-state index contributed by atoms with van der Waals surface area (Å²) in [6.07, 6.45) is -0.931. The van der Waals surface area contributed by atoms with Crippen LogP contribution in [0.3, 0.4) is 0 Å². The molecule has 1 amide bonds. The topological polar surface area (TPSA) is 65.1 Å². The van der Waals surface area contributed by atoms with E-state index in [1.54, 1.807) is 20.8 Å². The van der Waals surface area contributed by atoms with Crippen LogP contribution in [0.1, 0.15) is 47.1 Å². The molecular formula is C27H36NO5Si. The molecule has 1 heterocycles. The Bertz CT molecular complexity index is 963. The van der Waals surface area contributed by atoms with E-state index in [1.807, 2.05) is 18.2 Å². The number of carbonyl (C=O) groups excluding carboxylic acids is 2. The molecule has 7 heteroatoms. The third-order valence-corrected chi connectivity index (χ3v) is 7.56. The molecule has 3 rings (SSSR count). The first-order valence-electron chi connectivity index (χ1n) is 11.7. The molecule has 1 aliphatic heterocycles. The minimum atomic E-state index is -1.55. The molecule has 1 radical (unpaired) electrons. The van der Waals surface area contributed by atoms with Crippen LogP contribution in [0.2, 0.25) is 0 Å². The SMILES string of the molecule is CC(C)(C)OC(=O)N1CC(=O)CO[C@H](CO[Si](c2ccccc2)c2ccc(C(C)(C)C)cc2)C1. The highest BCUT2D eigenvalue weighted by Gasteiger charge is 2.31. The molecule has 0 saturated carbocycles. The summed E-state index contributed by atoms with van der Waals surface area (Å²) in [7, 11) is -1.55. The average Bonchev–Trinajstić information content (AvgIpc) is 2.95. The van der Waals surface area contributed by atoms with Gasteiger partial charge >= 0.3 is 6.09 Å². The van der Waals surface area contributed by atoms with Gasteiger partial charge in [0.1, 0.15) is 12.2 Å². The van der Waals surface area contributed by atoms with Crippen LogP contribution in [0.4, 0.5) is 4.79 Å². The normalized spacial score (nSPS) is 17.6. The molecule has 2 aromatic rings. The fraction of sp³-hybridized carbons (Fsp3) is 0.481. The second-order valence-corrected chi connectivity index (χ2v) is 12.8. The second-order valence-electron chi connectivity index (χ2n) is 10.7. The van der Waals surface area contributed by atoms with Gasteiger partial charge in [0.2, 0.25) is 0 Å². The van der Waals surface area contributed by atoms with Gasteiger partial charge in [0.15, 0.2) is 5.78 Å². The van der Waals surface area contributed by atoms with Gasteiger partial charge in [-0.2, -0.15) is 0 Å². The summed E-state index contributed by atoms with van der Waals surface area (Å²) in [5.74, 6) is -0.153. The molecule has 34 heavy (non-hydrogen) atoms. The summed E-state index contributed by atoms with van der Waals surface area (Å²) in [4.78, 5) is 26.2. The zero-order chi connectivity index (χ0) is 24.9. The van der Waals surface area contributed by atoms with E-state index in [4.69, 9.17) is 13.9 Å². The molecule has 0 bridgehead atoms. The van der Waals surface area contributed by atoms with Crippen LogP contribution in [-0.2, 0) is 24.1 Å². The van der Waals surface area contributed by atoms with Gasteiger partial charge in [-0.25, -0.2) is 4.79 Å². The van der Waals surface area contributed by atoms with Gasteiger partial charge in [0, 0.05) is 0 Å². The zero-order valence-corrected chi connectivity index (χ0v) is 22.1. The van der Waals surface area contributed by atoms with E-state index in [1.165, 1.54) is 10.5 Å². The van der Waals surface area contributed by atoms with Gasteiger partial charge < -0.3 is 13.9 Å². The molecule has 1 saturated heterocycles. The minimum absolute atomic E-state index is 0.0177. The highest BCUT2D eigenvalue weighted by atomic mass is 28.3. The van der Waals surface area contributed by atoms with Gasteiger partial charge in [-0.3, -0.25) is 9.69 Å². The smallest absolute Gasteiger partial charge is 0.410 e. The van der Waals surface area contributed by atoms with Crippen LogP contribution in [0, 0.1) is 0 Å². The van der Waals surface area contributed by atoms with Gasteiger partial charge in [0.05, 0.1) is 25.8 Å². The molecule has 2 aromatic carbocycles. The van der Waals surface area contributed by atoms with Crippen molar-refractivity contribution >= 4 is 31.3 Å². The molecule has 0 unspecified atom stereocenters. The maximum Gasteiger partial charge on any atom is 0.410 e. The molecule has 6 nitrogen and oxygen atoms in total. The molecular weight excluding hydrogens is 446 g/mol. The van der Waals surface area contributed by atoms with Crippen molar-refractivity contribution in [3.05, 3.63) is 60.2 Å². The van der Waals surface area contributed by atoms with Gasteiger partial charge in [0.25, 0.3) is 9.04 Å². The number of Topliss-reactive ketones (excluding diaryl/α,β-unsaturated/α-hetero) is 1. The molecule has 0 N–H and O–H groups in total. The lowest BCUT2D eigenvalue weighted by Crippen LogP contribution is -2.48. The number of benzene rings is 2. The molecule has 1 atom stereocenters. The highest BCUT2D eigenvalue weighted by Crippen LogP contribution is 2.21. The van der Waals surface area contributed by atoms with Crippen molar-refractivity contribution in [2.24, 2.45) is 0 Å². The summed E-state index contributed by atoms with van der Waals surface area (Å²) in [5.41, 5.74) is 0.705. The number of carbonyl (C=O) groups is 2. The fourth-order valence-corrected chi connectivity index (χ4v) is 5.60. The van der Waals surface area contributed by atoms with Gasteiger partial charge in [-0.15, -0.1) is 0 Å².